The normalized spacial score (nSPS) is 13.8. The predicted molar refractivity (Wildman–Crippen MR) is 221 cm³/mol. The van der Waals surface area contributed by atoms with Crippen LogP contribution in [0.25, 0.3) is 0 Å². The zero-order valence-electron chi connectivity index (χ0n) is 34.2. The van der Waals surface area contributed by atoms with Crippen LogP contribution < -0.4 is 0 Å². The van der Waals surface area contributed by atoms with Crippen molar-refractivity contribution in [1.29, 1.82) is 0 Å². The number of carbonyl (C=O) groups excluding carboxylic acids is 2. The van der Waals surface area contributed by atoms with Crippen LogP contribution in [0.1, 0.15) is 194 Å². The van der Waals surface area contributed by atoms with Crippen molar-refractivity contribution in [3.63, 3.8) is 0 Å². The summed E-state index contributed by atoms with van der Waals surface area (Å²) in [6, 6.07) is 0. The summed E-state index contributed by atoms with van der Waals surface area (Å²) in [5.41, 5.74) is 0. The van der Waals surface area contributed by atoms with Crippen LogP contribution >= 0.6 is 7.82 Å². The Labute approximate surface area is 325 Å². The van der Waals surface area contributed by atoms with E-state index in [0.29, 0.717) is 6.42 Å². The third-order valence-electron chi connectivity index (χ3n) is 8.90. The van der Waals surface area contributed by atoms with Crippen LogP contribution in [0, 0.1) is 0 Å². The molecule has 0 saturated carbocycles. The number of esters is 2. The lowest BCUT2D eigenvalue weighted by molar-refractivity contribution is -0.161. The Morgan fingerprint density at radius 3 is 1.45 bits per heavy atom. The zero-order valence-corrected chi connectivity index (χ0v) is 35.1. The van der Waals surface area contributed by atoms with Crippen LogP contribution in [0.15, 0.2) is 48.6 Å². The Hall–Kier alpha value is -1.99. The lowest BCUT2D eigenvalue weighted by Gasteiger charge is -2.19. The van der Waals surface area contributed by atoms with Crippen LogP contribution in [0.2, 0.25) is 0 Å². The lowest BCUT2D eigenvalue weighted by atomic mass is 10.0. The van der Waals surface area contributed by atoms with E-state index in [4.69, 9.17) is 18.5 Å². The van der Waals surface area contributed by atoms with Crippen molar-refractivity contribution in [2.45, 2.75) is 200 Å². The van der Waals surface area contributed by atoms with E-state index >= 15 is 0 Å². The van der Waals surface area contributed by atoms with Gasteiger partial charge in [-0.05, 0) is 58.3 Å². The van der Waals surface area contributed by atoms with Crippen LogP contribution in [0.3, 0.4) is 0 Å². The van der Waals surface area contributed by atoms with Gasteiger partial charge in [0.1, 0.15) is 6.61 Å². The highest BCUT2D eigenvalue weighted by molar-refractivity contribution is 7.47. The van der Waals surface area contributed by atoms with E-state index in [1.165, 1.54) is 96.3 Å². The number of allylic oxidation sites excluding steroid dienone is 8. The Morgan fingerprint density at radius 1 is 0.528 bits per heavy atom. The average molecular weight is 767 g/mol. The Bertz CT molecular complexity index is 1010. The van der Waals surface area contributed by atoms with Crippen molar-refractivity contribution < 1.29 is 37.6 Å². The largest absolute Gasteiger partial charge is 0.472 e. The summed E-state index contributed by atoms with van der Waals surface area (Å²) >= 11 is 0. The van der Waals surface area contributed by atoms with Gasteiger partial charge < -0.3 is 14.4 Å². The Morgan fingerprint density at radius 2 is 0.962 bits per heavy atom. The van der Waals surface area contributed by atoms with E-state index in [1.54, 1.807) is 6.92 Å². The molecule has 8 nitrogen and oxygen atoms in total. The van der Waals surface area contributed by atoms with E-state index in [-0.39, 0.29) is 32.0 Å². The molecule has 308 valence electrons. The Kier molecular flexibility index (Phi) is 38.2. The predicted octanol–water partition coefficient (Wildman–Crippen LogP) is 13.4. The Balaban J connectivity index is 4.12. The third kappa shape index (κ3) is 39.5. The first kappa shape index (κ1) is 51.0. The maximum absolute atomic E-state index is 12.5. The smallest absolute Gasteiger partial charge is 0.462 e. The fourth-order valence-electron chi connectivity index (χ4n) is 5.80. The topological polar surface area (TPSA) is 108 Å². The molecular weight excluding hydrogens is 687 g/mol. The van der Waals surface area contributed by atoms with Crippen LogP contribution in [-0.2, 0) is 32.7 Å². The van der Waals surface area contributed by atoms with Gasteiger partial charge in [0.15, 0.2) is 6.10 Å². The molecule has 2 unspecified atom stereocenters. The number of rotatable bonds is 39. The van der Waals surface area contributed by atoms with Gasteiger partial charge in [0.05, 0.1) is 13.2 Å². The highest BCUT2D eigenvalue weighted by Gasteiger charge is 2.25. The second-order valence-corrected chi connectivity index (χ2v) is 15.4. The van der Waals surface area contributed by atoms with E-state index in [1.807, 2.05) is 0 Å². The number of ether oxygens (including phenoxy) is 2. The fourth-order valence-corrected chi connectivity index (χ4v) is 6.55. The van der Waals surface area contributed by atoms with Crippen molar-refractivity contribution in [2.24, 2.45) is 0 Å². The first-order valence-corrected chi connectivity index (χ1v) is 22.9. The van der Waals surface area contributed by atoms with E-state index < -0.39 is 26.5 Å². The van der Waals surface area contributed by atoms with Crippen molar-refractivity contribution >= 4 is 19.8 Å². The third-order valence-corrected chi connectivity index (χ3v) is 9.96. The molecule has 0 spiro atoms. The molecule has 0 amide bonds. The van der Waals surface area contributed by atoms with Crippen molar-refractivity contribution in [2.75, 3.05) is 19.8 Å². The van der Waals surface area contributed by atoms with Gasteiger partial charge in [-0.15, -0.1) is 0 Å². The molecule has 0 radical (unpaired) electrons. The summed E-state index contributed by atoms with van der Waals surface area (Å²) in [6.45, 7) is 5.32. The summed E-state index contributed by atoms with van der Waals surface area (Å²) in [5, 5.41) is 0. The first-order valence-electron chi connectivity index (χ1n) is 21.4. The quantitative estimate of drug-likeness (QED) is 0.0285. The van der Waals surface area contributed by atoms with Gasteiger partial charge in [0.25, 0.3) is 0 Å². The number of hydrogen-bond acceptors (Lipinski definition) is 7. The molecule has 0 aromatic rings. The molecule has 2 atom stereocenters. The first-order chi connectivity index (χ1) is 25.8. The van der Waals surface area contributed by atoms with Crippen LogP contribution in [0.5, 0.6) is 0 Å². The van der Waals surface area contributed by atoms with E-state index in [9.17, 15) is 19.0 Å². The van der Waals surface area contributed by atoms with Crippen molar-refractivity contribution in [3.05, 3.63) is 48.6 Å². The van der Waals surface area contributed by atoms with Gasteiger partial charge >= 0.3 is 19.8 Å². The highest BCUT2D eigenvalue weighted by Crippen LogP contribution is 2.43. The van der Waals surface area contributed by atoms with E-state index in [0.717, 1.165) is 57.8 Å². The molecule has 0 saturated heterocycles. The summed E-state index contributed by atoms with van der Waals surface area (Å²) in [5.74, 6) is -0.843. The summed E-state index contributed by atoms with van der Waals surface area (Å²) in [4.78, 5) is 34.7. The van der Waals surface area contributed by atoms with Gasteiger partial charge in [0, 0.05) is 12.8 Å². The monoisotopic (exact) mass is 767 g/mol. The maximum Gasteiger partial charge on any atom is 0.472 e. The van der Waals surface area contributed by atoms with Crippen LogP contribution in [0.4, 0.5) is 0 Å². The number of unbranched alkanes of at least 4 members (excludes halogenated alkanes) is 19. The van der Waals surface area contributed by atoms with E-state index in [2.05, 4.69) is 62.5 Å². The molecule has 1 N–H and O–H groups in total. The number of hydrogen-bond donors (Lipinski definition) is 1. The minimum atomic E-state index is -4.29. The maximum atomic E-state index is 12.5. The van der Waals surface area contributed by atoms with Gasteiger partial charge in [-0.2, -0.15) is 0 Å². The van der Waals surface area contributed by atoms with Gasteiger partial charge in [0.2, 0.25) is 0 Å². The second kappa shape index (κ2) is 39.7. The summed E-state index contributed by atoms with van der Waals surface area (Å²) < 4.78 is 32.6. The van der Waals surface area contributed by atoms with Crippen LogP contribution in [-0.4, -0.2) is 42.8 Å². The molecule has 0 aromatic heterocycles. The minimum absolute atomic E-state index is 0.00804. The van der Waals surface area contributed by atoms with Crippen molar-refractivity contribution in [3.8, 4) is 0 Å². The summed E-state index contributed by atoms with van der Waals surface area (Å²) in [7, 11) is -4.29. The molecule has 0 aliphatic rings. The molecule has 0 heterocycles. The SMILES string of the molecule is CC/C=C\C/C=C\C/C=C\C/C=C\CCCCC(=O)OC(COC(=O)CCCCCCCCCCCCCCCCCCCC)COP(=O)(O)OCC. The molecule has 0 aliphatic carbocycles. The molecule has 0 aliphatic heterocycles. The standard InChI is InChI=1S/C44H79O8P/c1-4-7-9-11-13-15-17-19-21-22-23-25-26-28-30-32-34-36-38-43(45)49-40-42(41-51-53(47,48)50-6-3)52-44(46)39-37-35-33-31-29-27-24-20-18-16-14-12-10-8-5-2/h8,10,14,16,20,24,29,31,42H,4-7,9,11-13,15,17-19,21-23,25-28,30,32-41H2,1-3H3,(H,47,48)/b10-8-,16-14-,24-20-,31-29-. The molecular formula is C44H79O8P. The second-order valence-electron chi connectivity index (χ2n) is 14.0. The van der Waals surface area contributed by atoms with Gasteiger partial charge in [-0.25, -0.2) is 4.57 Å². The minimum Gasteiger partial charge on any atom is -0.462 e. The van der Waals surface area contributed by atoms with Gasteiger partial charge in [-0.3, -0.25) is 18.6 Å². The average Bonchev–Trinajstić information content (AvgIpc) is 3.13. The molecule has 53 heavy (non-hydrogen) atoms. The van der Waals surface area contributed by atoms with Crippen molar-refractivity contribution in [1.82, 2.24) is 0 Å². The molecule has 0 bridgehead atoms. The highest BCUT2D eigenvalue weighted by atomic mass is 31.2. The van der Waals surface area contributed by atoms with Gasteiger partial charge in [-0.1, -0.05) is 172 Å². The molecule has 0 rings (SSSR count). The molecule has 0 fully saturated rings. The molecule has 0 aromatic carbocycles. The lowest BCUT2D eigenvalue weighted by Crippen LogP contribution is -2.29. The summed E-state index contributed by atoms with van der Waals surface area (Å²) in [6.07, 6.45) is 46.0. The zero-order chi connectivity index (χ0) is 38.9. The number of carbonyl (C=O) groups is 2. The fraction of sp³-hybridized carbons (Fsp3) is 0.773. The number of phosphoric ester groups is 1. The number of phosphoric acid groups is 1. The molecule has 9 heteroatoms.